The van der Waals surface area contributed by atoms with Gasteiger partial charge in [0.05, 0.1) is 6.54 Å². The van der Waals surface area contributed by atoms with E-state index in [0.717, 1.165) is 31.5 Å². The topological polar surface area (TPSA) is 61.4 Å². The van der Waals surface area contributed by atoms with Crippen LogP contribution < -0.4 is 10.6 Å². The second-order valence-corrected chi connectivity index (χ2v) is 5.37. The van der Waals surface area contributed by atoms with E-state index in [1.54, 1.807) is 7.05 Å². The average Bonchev–Trinajstić information content (AvgIpc) is 3.01. The number of likely N-dealkylation sites (N-methyl/N-ethyl adjacent to an activating group) is 1. The molecule has 5 nitrogen and oxygen atoms in total. The third-order valence-electron chi connectivity index (χ3n) is 3.67. The Balaban J connectivity index is 2.05. The summed E-state index contributed by atoms with van der Waals surface area (Å²) in [6.07, 6.45) is 2.63. The van der Waals surface area contributed by atoms with Crippen LogP contribution in [0.2, 0.25) is 0 Å². The lowest BCUT2D eigenvalue weighted by atomic mass is 10.0. The molecule has 0 aromatic heterocycles. The Morgan fingerprint density at radius 1 is 1.19 bits per heavy atom. The number of amides is 2. The molecule has 1 heterocycles. The SMILES string of the molecule is CNCC(=O)NC(Cc1ccccc1)C(=O)N1CCCC1. The monoisotopic (exact) mass is 289 g/mol. The number of carbonyl (C=O) groups is 2. The van der Waals surface area contributed by atoms with Crippen LogP contribution in [0.1, 0.15) is 18.4 Å². The van der Waals surface area contributed by atoms with Crippen LogP contribution in [0.15, 0.2) is 30.3 Å². The molecule has 5 heteroatoms. The Morgan fingerprint density at radius 2 is 1.86 bits per heavy atom. The molecule has 1 aromatic carbocycles. The fourth-order valence-electron chi connectivity index (χ4n) is 2.61. The molecule has 0 saturated carbocycles. The highest BCUT2D eigenvalue weighted by molar-refractivity contribution is 5.88. The fraction of sp³-hybridized carbons (Fsp3) is 0.500. The lowest BCUT2D eigenvalue weighted by Gasteiger charge is -2.24. The zero-order valence-electron chi connectivity index (χ0n) is 12.5. The number of hydrogen-bond acceptors (Lipinski definition) is 3. The Bertz CT molecular complexity index is 470. The molecule has 21 heavy (non-hydrogen) atoms. The van der Waals surface area contributed by atoms with Gasteiger partial charge < -0.3 is 15.5 Å². The van der Waals surface area contributed by atoms with Crippen molar-refractivity contribution in [1.29, 1.82) is 0 Å². The average molecular weight is 289 g/mol. The molecule has 1 saturated heterocycles. The van der Waals surface area contributed by atoms with Crippen LogP contribution in [0.5, 0.6) is 0 Å². The molecule has 114 valence electrons. The maximum Gasteiger partial charge on any atom is 0.245 e. The summed E-state index contributed by atoms with van der Waals surface area (Å²) in [5.74, 6) is -0.119. The Morgan fingerprint density at radius 3 is 2.48 bits per heavy atom. The van der Waals surface area contributed by atoms with Crippen molar-refractivity contribution in [2.45, 2.75) is 25.3 Å². The molecule has 1 aromatic rings. The van der Waals surface area contributed by atoms with Crippen LogP contribution in [0.4, 0.5) is 0 Å². The second-order valence-electron chi connectivity index (χ2n) is 5.37. The number of rotatable bonds is 6. The molecule has 1 aliphatic rings. The van der Waals surface area contributed by atoms with Crippen LogP contribution in [-0.4, -0.2) is 49.4 Å². The van der Waals surface area contributed by atoms with Crippen LogP contribution in [0.3, 0.4) is 0 Å². The minimum absolute atomic E-state index is 0.0285. The van der Waals surface area contributed by atoms with Gasteiger partial charge in [-0.2, -0.15) is 0 Å². The van der Waals surface area contributed by atoms with E-state index in [4.69, 9.17) is 0 Å². The van der Waals surface area contributed by atoms with Crippen molar-refractivity contribution in [1.82, 2.24) is 15.5 Å². The van der Waals surface area contributed by atoms with Crippen molar-refractivity contribution in [3.05, 3.63) is 35.9 Å². The standard InChI is InChI=1S/C16H23N3O2/c1-17-12-15(20)18-14(11-13-7-3-2-4-8-13)16(21)19-9-5-6-10-19/h2-4,7-8,14,17H,5-6,9-12H2,1H3,(H,18,20). The normalized spacial score (nSPS) is 15.8. The molecule has 1 atom stereocenters. The summed E-state index contributed by atoms with van der Waals surface area (Å²) in [6.45, 7) is 1.82. The van der Waals surface area contributed by atoms with E-state index in [0.29, 0.717) is 6.42 Å². The Labute approximate surface area is 125 Å². The summed E-state index contributed by atoms with van der Waals surface area (Å²) in [4.78, 5) is 26.3. The molecule has 2 N–H and O–H groups in total. The maximum atomic E-state index is 12.6. The van der Waals surface area contributed by atoms with Crippen LogP contribution >= 0.6 is 0 Å². The quantitative estimate of drug-likeness (QED) is 0.804. The first-order valence-corrected chi connectivity index (χ1v) is 7.47. The van der Waals surface area contributed by atoms with Gasteiger partial charge in [-0.3, -0.25) is 9.59 Å². The van der Waals surface area contributed by atoms with Crippen molar-refractivity contribution in [2.75, 3.05) is 26.7 Å². The third kappa shape index (κ3) is 4.56. The van der Waals surface area contributed by atoms with E-state index in [1.165, 1.54) is 0 Å². The molecule has 1 fully saturated rings. The van der Waals surface area contributed by atoms with Gasteiger partial charge in [0.15, 0.2) is 0 Å². The minimum Gasteiger partial charge on any atom is -0.343 e. The van der Waals surface area contributed by atoms with E-state index in [2.05, 4.69) is 10.6 Å². The van der Waals surface area contributed by atoms with Crippen molar-refractivity contribution in [2.24, 2.45) is 0 Å². The van der Waals surface area contributed by atoms with E-state index < -0.39 is 6.04 Å². The summed E-state index contributed by atoms with van der Waals surface area (Å²) in [6, 6.07) is 9.32. The minimum atomic E-state index is -0.480. The predicted molar refractivity (Wildman–Crippen MR) is 81.8 cm³/mol. The van der Waals surface area contributed by atoms with Gasteiger partial charge in [0.25, 0.3) is 0 Å². The number of nitrogens with one attached hydrogen (secondary N) is 2. The first kappa shape index (κ1) is 15.5. The lowest BCUT2D eigenvalue weighted by Crippen LogP contribution is -2.50. The van der Waals surface area contributed by atoms with Gasteiger partial charge in [0, 0.05) is 19.5 Å². The molecular formula is C16H23N3O2. The van der Waals surface area contributed by atoms with Crippen molar-refractivity contribution in [3.63, 3.8) is 0 Å². The number of carbonyl (C=O) groups excluding carboxylic acids is 2. The van der Waals surface area contributed by atoms with Crippen LogP contribution in [0.25, 0.3) is 0 Å². The molecule has 0 radical (unpaired) electrons. The highest BCUT2D eigenvalue weighted by Crippen LogP contribution is 2.12. The van der Waals surface area contributed by atoms with Gasteiger partial charge in [-0.1, -0.05) is 30.3 Å². The fourth-order valence-corrected chi connectivity index (χ4v) is 2.61. The van der Waals surface area contributed by atoms with Gasteiger partial charge in [0.1, 0.15) is 6.04 Å². The Hall–Kier alpha value is -1.88. The van der Waals surface area contributed by atoms with Gasteiger partial charge in [0.2, 0.25) is 11.8 Å². The summed E-state index contributed by atoms with van der Waals surface area (Å²) in [7, 11) is 1.72. The predicted octanol–water partition coefficient (Wildman–Crippen LogP) is 0.556. The number of nitrogens with zero attached hydrogens (tertiary/aromatic N) is 1. The first-order chi connectivity index (χ1) is 10.2. The van der Waals surface area contributed by atoms with E-state index >= 15 is 0 Å². The number of likely N-dealkylation sites (tertiary alicyclic amines) is 1. The summed E-state index contributed by atoms with van der Waals surface area (Å²) in [5.41, 5.74) is 1.06. The molecule has 0 aliphatic carbocycles. The molecule has 2 amide bonds. The third-order valence-corrected chi connectivity index (χ3v) is 3.67. The van der Waals surface area contributed by atoms with E-state index in [-0.39, 0.29) is 18.4 Å². The van der Waals surface area contributed by atoms with Crippen LogP contribution in [-0.2, 0) is 16.0 Å². The highest BCUT2D eigenvalue weighted by Gasteiger charge is 2.27. The molecular weight excluding hydrogens is 266 g/mol. The van der Waals surface area contributed by atoms with Crippen molar-refractivity contribution < 1.29 is 9.59 Å². The second kappa shape index (κ2) is 7.78. The van der Waals surface area contributed by atoms with Gasteiger partial charge >= 0.3 is 0 Å². The lowest BCUT2D eigenvalue weighted by molar-refractivity contribution is -0.135. The Kier molecular flexibility index (Phi) is 5.75. The van der Waals surface area contributed by atoms with Crippen molar-refractivity contribution in [3.8, 4) is 0 Å². The first-order valence-electron chi connectivity index (χ1n) is 7.47. The summed E-state index contributed by atoms with van der Waals surface area (Å²) in [5, 5.41) is 5.66. The van der Waals surface area contributed by atoms with E-state index in [1.807, 2.05) is 35.2 Å². The van der Waals surface area contributed by atoms with Gasteiger partial charge in [-0.15, -0.1) is 0 Å². The molecule has 1 unspecified atom stereocenters. The summed E-state index contributed by atoms with van der Waals surface area (Å²) >= 11 is 0. The van der Waals surface area contributed by atoms with Gasteiger partial charge in [-0.25, -0.2) is 0 Å². The van der Waals surface area contributed by atoms with E-state index in [9.17, 15) is 9.59 Å². The zero-order chi connectivity index (χ0) is 15.1. The number of hydrogen-bond donors (Lipinski definition) is 2. The maximum absolute atomic E-state index is 12.6. The molecule has 2 rings (SSSR count). The van der Waals surface area contributed by atoms with Gasteiger partial charge in [-0.05, 0) is 25.5 Å². The van der Waals surface area contributed by atoms with Crippen molar-refractivity contribution >= 4 is 11.8 Å². The largest absolute Gasteiger partial charge is 0.343 e. The molecule has 0 bridgehead atoms. The highest BCUT2D eigenvalue weighted by atomic mass is 16.2. The summed E-state index contributed by atoms with van der Waals surface area (Å²) < 4.78 is 0. The number of benzene rings is 1. The molecule has 0 spiro atoms. The zero-order valence-corrected chi connectivity index (χ0v) is 12.5. The molecule has 1 aliphatic heterocycles. The smallest absolute Gasteiger partial charge is 0.245 e. The van der Waals surface area contributed by atoms with Crippen LogP contribution in [0, 0.1) is 0 Å².